The number of nitrogens with zero attached hydrogens (tertiary/aromatic N) is 2. The van der Waals surface area contributed by atoms with Gasteiger partial charge in [0.2, 0.25) is 0 Å². The van der Waals surface area contributed by atoms with Crippen LogP contribution in [0.2, 0.25) is 0 Å². The van der Waals surface area contributed by atoms with Crippen LogP contribution in [-0.2, 0) is 11.3 Å². The first-order valence-electron chi connectivity index (χ1n) is 8.76. The maximum absolute atomic E-state index is 14.4. The molecule has 1 aliphatic heterocycles. The van der Waals surface area contributed by atoms with Gasteiger partial charge in [0, 0.05) is 5.56 Å². The Balaban J connectivity index is 1.37. The second kappa shape index (κ2) is 7.36. The number of rotatable bonds is 5. The van der Waals surface area contributed by atoms with Crippen molar-refractivity contribution in [2.75, 3.05) is 20.2 Å². The van der Waals surface area contributed by atoms with Gasteiger partial charge in [0.15, 0.2) is 0 Å². The molecule has 1 fully saturated rings. The summed E-state index contributed by atoms with van der Waals surface area (Å²) in [7, 11) is 1.56. The van der Waals surface area contributed by atoms with Crippen molar-refractivity contribution < 1.29 is 18.7 Å². The summed E-state index contributed by atoms with van der Waals surface area (Å²) in [6, 6.07) is 14.4. The van der Waals surface area contributed by atoms with Crippen molar-refractivity contribution >= 4 is 16.9 Å². The summed E-state index contributed by atoms with van der Waals surface area (Å²) in [6.45, 7) is 0.409. The Morgan fingerprint density at radius 2 is 2.00 bits per heavy atom. The topological polar surface area (TPSA) is 67.4 Å². The smallest absolute Gasteiger partial charge is 0.254 e. The normalized spacial score (nSPS) is 19.6. The molecular formula is C20H20FN3O3. The Morgan fingerprint density at radius 1 is 1.22 bits per heavy atom. The zero-order valence-corrected chi connectivity index (χ0v) is 14.9. The van der Waals surface area contributed by atoms with Crippen LogP contribution in [0.4, 0.5) is 4.39 Å². The molecule has 4 rings (SSSR count). The number of aromatic nitrogens is 2. The van der Waals surface area contributed by atoms with E-state index in [0.29, 0.717) is 17.1 Å². The van der Waals surface area contributed by atoms with Crippen LogP contribution in [0, 0.1) is 0 Å². The highest BCUT2D eigenvalue weighted by Gasteiger charge is 2.36. The zero-order chi connectivity index (χ0) is 18.8. The van der Waals surface area contributed by atoms with Gasteiger partial charge in [0.25, 0.3) is 5.91 Å². The van der Waals surface area contributed by atoms with E-state index in [9.17, 15) is 9.18 Å². The maximum Gasteiger partial charge on any atom is 0.254 e. The second-order valence-electron chi connectivity index (χ2n) is 6.50. The van der Waals surface area contributed by atoms with Crippen molar-refractivity contribution in [1.82, 2.24) is 14.9 Å². The molecule has 27 heavy (non-hydrogen) atoms. The van der Waals surface area contributed by atoms with Gasteiger partial charge in [-0.1, -0.05) is 12.1 Å². The largest absolute Gasteiger partial charge is 0.497 e. The van der Waals surface area contributed by atoms with Crippen LogP contribution in [0.5, 0.6) is 5.75 Å². The number of para-hydroxylation sites is 2. The quantitative estimate of drug-likeness (QED) is 0.751. The number of benzene rings is 2. The second-order valence-corrected chi connectivity index (χ2v) is 6.50. The minimum Gasteiger partial charge on any atom is -0.497 e. The van der Waals surface area contributed by atoms with E-state index in [4.69, 9.17) is 9.47 Å². The summed E-state index contributed by atoms with van der Waals surface area (Å²) in [4.78, 5) is 21.6. The van der Waals surface area contributed by atoms with Gasteiger partial charge in [-0.3, -0.25) is 4.79 Å². The molecule has 140 valence electrons. The number of carbonyl (C=O) groups excluding carboxylic acids is 1. The number of likely N-dealkylation sites (tertiary alicyclic amines) is 1. The highest BCUT2D eigenvalue weighted by molar-refractivity contribution is 5.94. The van der Waals surface area contributed by atoms with Crippen LogP contribution < -0.4 is 4.74 Å². The van der Waals surface area contributed by atoms with Gasteiger partial charge < -0.3 is 19.4 Å². The molecule has 1 saturated heterocycles. The Kier molecular flexibility index (Phi) is 4.77. The average molecular weight is 369 g/mol. The van der Waals surface area contributed by atoms with Crippen LogP contribution in [0.3, 0.4) is 0 Å². The number of fused-ring (bicyclic) bond motifs is 1. The van der Waals surface area contributed by atoms with E-state index in [1.807, 2.05) is 24.3 Å². The molecule has 0 spiro atoms. The lowest BCUT2D eigenvalue weighted by molar-refractivity contribution is 0.00887. The van der Waals surface area contributed by atoms with Crippen molar-refractivity contribution in [3.05, 3.63) is 59.9 Å². The van der Waals surface area contributed by atoms with Gasteiger partial charge in [0.05, 0.1) is 31.2 Å². The molecule has 0 radical (unpaired) electrons. The highest BCUT2D eigenvalue weighted by atomic mass is 19.1. The fourth-order valence-corrected chi connectivity index (χ4v) is 3.23. The molecule has 7 heteroatoms. The highest BCUT2D eigenvalue weighted by Crippen LogP contribution is 2.22. The van der Waals surface area contributed by atoms with Gasteiger partial charge in [-0.25, -0.2) is 9.37 Å². The molecular weight excluding hydrogens is 349 g/mol. The number of hydrogen-bond donors (Lipinski definition) is 1. The molecule has 1 aliphatic rings. The molecule has 0 saturated carbocycles. The molecule has 0 unspecified atom stereocenters. The average Bonchev–Trinajstić information content (AvgIpc) is 3.28. The molecule has 3 aromatic rings. The van der Waals surface area contributed by atoms with Crippen LogP contribution in [0.15, 0.2) is 48.5 Å². The minimum absolute atomic E-state index is 0.0235. The van der Waals surface area contributed by atoms with Gasteiger partial charge >= 0.3 is 0 Å². The number of alkyl halides is 1. The van der Waals surface area contributed by atoms with E-state index >= 15 is 0 Å². The summed E-state index contributed by atoms with van der Waals surface area (Å²) in [5, 5.41) is 0. The van der Waals surface area contributed by atoms with Crippen LogP contribution >= 0.6 is 0 Å². The number of imidazole rings is 1. The standard InChI is InChI=1S/C20H20FN3O3/c1-26-14-8-6-13(7-9-14)20(25)24-10-15(21)18(11-24)27-12-19-22-16-4-2-3-5-17(16)23-19/h2-9,15,18H,10-12H2,1H3,(H,22,23)/t15-,18+/m1/s1. The van der Waals surface area contributed by atoms with Crippen molar-refractivity contribution in [3.63, 3.8) is 0 Å². The van der Waals surface area contributed by atoms with Crippen LogP contribution in [0.25, 0.3) is 11.0 Å². The molecule has 1 N–H and O–H groups in total. The fourth-order valence-electron chi connectivity index (χ4n) is 3.23. The van der Waals surface area contributed by atoms with Crippen LogP contribution in [-0.4, -0.2) is 53.2 Å². The predicted molar refractivity (Wildman–Crippen MR) is 98.5 cm³/mol. The molecule has 0 bridgehead atoms. The van der Waals surface area contributed by atoms with Crippen molar-refractivity contribution in [2.24, 2.45) is 0 Å². The first-order valence-corrected chi connectivity index (χ1v) is 8.76. The lowest BCUT2D eigenvalue weighted by Gasteiger charge is -2.16. The minimum atomic E-state index is -1.23. The fraction of sp³-hybridized carbons (Fsp3) is 0.300. The zero-order valence-electron chi connectivity index (χ0n) is 14.9. The van der Waals surface area contributed by atoms with E-state index < -0.39 is 12.3 Å². The van der Waals surface area contributed by atoms with Crippen molar-refractivity contribution in [2.45, 2.75) is 18.9 Å². The lowest BCUT2D eigenvalue weighted by atomic mass is 10.2. The third-order valence-electron chi connectivity index (χ3n) is 4.70. The summed E-state index contributed by atoms with van der Waals surface area (Å²) in [6.07, 6.45) is -1.89. The number of hydrogen-bond acceptors (Lipinski definition) is 4. The molecule has 6 nitrogen and oxygen atoms in total. The summed E-state index contributed by atoms with van der Waals surface area (Å²) in [5.74, 6) is 1.10. The molecule has 1 amide bonds. The van der Waals surface area contributed by atoms with E-state index in [1.165, 1.54) is 4.90 Å². The summed E-state index contributed by atoms with van der Waals surface area (Å²) < 4.78 is 25.2. The number of ether oxygens (including phenoxy) is 2. The van der Waals surface area contributed by atoms with E-state index in [-0.39, 0.29) is 25.6 Å². The number of carbonyl (C=O) groups is 1. The third kappa shape index (κ3) is 3.64. The van der Waals surface area contributed by atoms with Gasteiger partial charge in [-0.2, -0.15) is 0 Å². The Bertz CT molecular complexity index is 908. The van der Waals surface area contributed by atoms with Crippen LogP contribution in [0.1, 0.15) is 16.2 Å². The molecule has 0 aliphatic carbocycles. The molecule has 2 heterocycles. The Morgan fingerprint density at radius 3 is 2.74 bits per heavy atom. The van der Waals surface area contributed by atoms with Crippen molar-refractivity contribution in [1.29, 1.82) is 0 Å². The first kappa shape index (κ1) is 17.5. The monoisotopic (exact) mass is 369 g/mol. The molecule has 2 atom stereocenters. The van der Waals surface area contributed by atoms with E-state index in [2.05, 4.69) is 9.97 Å². The number of aromatic amines is 1. The number of halogens is 1. The SMILES string of the molecule is COc1ccc(C(=O)N2C[C@@H](F)[C@@H](OCc3nc4ccccc4[nH]3)C2)cc1. The van der Waals surface area contributed by atoms with E-state index in [1.54, 1.807) is 31.4 Å². The number of nitrogens with one attached hydrogen (secondary N) is 1. The van der Waals surface area contributed by atoms with Gasteiger partial charge in [-0.15, -0.1) is 0 Å². The van der Waals surface area contributed by atoms with Gasteiger partial charge in [-0.05, 0) is 36.4 Å². The lowest BCUT2D eigenvalue weighted by Crippen LogP contribution is -2.30. The van der Waals surface area contributed by atoms with Crippen molar-refractivity contribution in [3.8, 4) is 5.75 Å². The maximum atomic E-state index is 14.4. The van der Waals surface area contributed by atoms with Gasteiger partial charge in [0.1, 0.15) is 30.5 Å². The summed E-state index contributed by atoms with van der Waals surface area (Å²) >= 11 is 0. The Hall–Kier alpha value is -2.93. The number of H-pyrrole nitrogens is 1. The Labute approximate surface area is 155 Å². The number of methoxy groups -OCH3 is 1. The summed E-state index contributed by atoms with van der Waals surface area (Å²) in [5.41, 5.74) is 2.26. The molecule has 1 aromatic heterocycles. The first-order chi connectivity index (χ1) is 13.1. The van der Waals surface area contributed by atoms with E-state index in [0.717, 1.165) is 11.0 Å². The third-order valence-corrected chi connectivity index (χ3v) is 4.70. The molecule has 2 aromatic carbocycles. The number of amides is 1. The predicted octanol–water partition coefficient (Wildman–Crippen LogP) is 2.95.